The Morgan fingerprint density at radius 2 is 1.81 bits per heavy atom. The van der Waals surface area contributed by atoms with Crippen molar-refractivity contribution in [3.63, 3.8) is 0 Å². The maximum atomic E-state index is 14.3. The molecule has 0 radical (unpaired) electrons. The average molecular weight is 587 g/mol. The lowest BCUT2D eigenvalue weighted by molar-refractivity contribution is -0.0172. The lowest BCUT2D eigenvalue weighted by Crippen LogP contribution is -2.47. The lowest BCUT2D eigenvalue weighted by atomic mass is 9.96. The van der Waals surface area contributed by atoms with E-state index in [9.17, 15) is 14.7 Å². The SMILES string of the molecule is C[C@@H]1CCCCO[C@@H](CN(C)CC2CC2)[C@H](C)CN([C@@H](C)CO)C(=O)c2cc(NC(=O)NC3CCCCC3)ccc2O1. The molecular formula is C33H54N4O5. The van der Waals surface area contributed by atoms with Crippen LogP contribution in [0.5, 0.6) is 5.75 Å². The Labute approximate surface area is 252 Å². The van der Waals surface area contributed by atoms with Gasteiger partial charge in [-0.15, -0.1) is 0 Å². The highest BCUT2D eigenvalue weighted by Crippen LogP contribution is 2.31. The fourth-order valence-corrected chi connectivity index (χ4v) is 6.19. The zero-order valence-corrected chi connectivity index (χ0v) is 26.3. The van der Waals surface area contributed by atoms with Gasteiger partial charge in [0.2, 0.25) is 0 Å². The number of aliphatic hydroxyl groups excluding tert-OH is 1. The van der Waals surface area contributed by atoms with E-state index in [1.807, 2.05) is 13.8 Å². The largest absolute Gasteiger partial charge is 0.490 e. The van der Waals surface area contributed by atoms with Gasteiger partial charge in [0, 0.05) is 43.9 Å². The Hall–Kier alpha value is -2.36. The van der Waals surface area contributed by atoms with Gasteiger partial charge in [-0.2, -0.15) is 0 Å². The van der Waals surface area contributed by atoms with Crippen molar-refractivity contribution in [3.05, 3.63) is 23.8 Å². The van der Waals surface area contributed by atoms with Crippen molar-refractivity contribution in [2.24, 2.45) is 11.8 Å². The van der Waals surface area contributed by atoms with Gasteiger partial charge in [0.1, 0.15) is 5.75 Å². The van der Waals surface area contributed by atoms with Crippen LogP contribution < -0.4 is 15.4 Å². The number of ether oxygens (including phenoxy) is 2. The summed E-state index contributed by atoms with van der Waals surface area (Å²) < 4.78 is 12.8. The van der Waals surface area contributed by atoms with Gasteiger partial charge in [-0.05, 0) is 90.0 Å². The summed E-state index contributed by atoms with van der Waals surface area (Å²) in [7, 11) is 2.16. The molecule has 9 nitrogen and oxygen atoms in total. The van der Waals surface area contributed by atoms with E-state index in [1.165, 1.54) is 19.3 Å². The molecule has 0 saturated heterocycles. The standard InChI is InChI=1S/C33H54N4O5/c1-23-19-37(24(2)22-38)32(39)29-18-28(35-33(40)34-27-11-6-5-7-12-27)15-16-30(29)42-25(3)10-8-9-17-41-31(23)21-36(4)20-26-13-14-26/h15-16,18,23-27,31,38H,5-14,17,19-22H2,1-4H3,(H2,34,35,40)/t23-,24+,25-,31+/m1/s1. The number of fused-ring (bicyclic) bond motifs is 1. The summed E-state index contributed by atoms with van der Waals surface area (Å²) in [6.07, 6.45) is 10.7. The van der Waals surface area contributed by atoms with Gasteiger partial charge in [-0.25, -0.2) is 4.79 Å². The van der Waals surface area contributed by atoms with Crippen LogP contribution in [0.4, 0.5) is 10.5 Å². The normalized spacial score (nSPS) is 25.7. The first-order valence-corrected chi connectivity index (χ1v) is 16.3. The Morgan fingerprint density at radius 3 is 2.52 bits per heavy atom. The quantitative estimate of drug-likeness (QED) is 0.383. The van der Waals surface area contributed by atoms with E-state index in [0.717, 1.165) is 64.0 Å². The van der Waals surface area contributed by atoms with Crippen LogP contribution in [0.2, 0.25) is 0 Å². The molecule has 0 aromatic heterocycles. The lowest BCUT2D eigenvalue weighted by Gasteiger charge is -2.36. The Bertz CT molecular complexity index is 1010. The maximum Gasteiger partial charge on any atom is 0.319 e. The molecule has 4 atom stereocenters. The zero-order valence-electron chi connectivity index (χ0n) is 26.3. The maximum absolute atomic E-state index is 14.3. The Kier molecular flexibility index (Phi) is 12.3. The Balaban J connectivity index is 1.56. The smallest absolute Gasteiger partial charge is 0.319 e. The van der Waals surface area contributed by atoms with E-state index < -0.39 is 6.04 Å². The average Bonchev–Trinajstić information content (AvgIpc) is 3.79. The van der Waals surface area contributed by atoms with Crippen LogP contribution >= 0.6 is 0 Å². The minimum absolute atomic E-state index is 0.0255. The molecule has 0 spiro atoms. The number of carbonyl (C=O) groups excluding carboxylic acids is 2. The summed E-state index contributed by atoms with van der Waals surface area (Å²) in [5.41, 5.74) is 0.936. The molecule has 0 bridgehead atoms. The first-order chi connectivity index (χ1) is 20.2. The van der Waals surface area contributed by atoms with Crippen molar-refractivity contribution in [1.29, 1.82) is 0 Å². The van der Waals surface area contributed by atoms with Crippen molar-refractivity contribution < 1.29 is 24.2 Å². The first-order valence-electron chi connectivity index (χ1n) is 16.3. The molecule has 42 heavy (non-hydrogen) atoms. The predicted molar refractivity (Wildman–Crippen MR) is 166 cm³/mol. The zero-order chi connectivity index (χ0) is 30.1. The van der Waals surface area contributed by atoms with E-state index in [0.29, 0.717) is 30.2 Å². The fourth-order valence-electron chi connectivity index (χ4n) is 6.19. The number of benzene rings is 1. The van der Waals surface area contributed by atoms with Gasteiger partial charge < -0.3 is 35.0 Å². The van der Waals surface area contributed by atoms with Gasteiger partial charge in [0.25, 0.3) is 5.91 Å². The molecule has 3 N–H and O–H groups in total. The topological polar surface area (TPSA) is 103 Å². The molecule has 236 valence electrons. The van der Waals surface area contributed by atoms with Gasteiger partial charge in [-0.3, -0.25) is 4.79 Å². The molecule has 2 aliphatic carbocycles. The molecule has 3 amide bonds. The van der Waals surface area contributed by atoms with Crippen LogP contribution in [0.25, 0.3) is 0 Å². The monoisotopic (exact) mass is 586 g/mol. The van der Waals surface area contributed by atoms with Gasteiger partial charge in [-0.1, -0.05) is 26.2 Å². The van der Waals surface area contributed by atoms with E-state index >= 15 is 0 Å². The molecular weight excluding hydrogens is 532 g/mol. The molecule has 4 rings (SSSR count). The second kappa shape index (κ2) is 15.9. The van der Waals surface area contributed by atoms with Crippen LogP contribution in [0.15, 0.2) is 18.2 Å². The molecule has 3 aliphatic rings. The summed E-state index contributed by atoms with van der Waals surface area (Å²) in [6, 6.07) is 4.83. The number of nitrogens with zero attached hydrogens (tertiary/aromatic N) is 2. The summed E-state index contributed by atoms with van der Waals surface area (Å²) in [6.45, 7) is 8.89. The third-order valence-corrected chi connectivity index (χ3v) is 9.01. The van der Waals surface area contributed by atoms with E-state index in [2.05, 4.69) is 29.5 Å². The van der Waals surface area contributed by atoms with Crippen molar-refractivity contribution >= 4 is 17.6 Å². The number of carbonyl (C=O) groups is 2. The van der Waals surface area contributed by atoms with E-state index in [-0.39, 0.29) is 42.7 Å². The number of rotatable bonds is 8. The molecule has 2 saturated carbocycles. The molecule has 1 aromatic carbocycles. The number of hydrogen-bond donors (Lipinski definition) is 3. The number of aliphatic hydroxyl groups is 1. The third-order valence-electron chi connectivity index (χ3n) is 9.01. The molecule has 1 aliphatic heterocycles. The summed E-state index contributed by atoms with van der Waals surface area (Å²) in [4.78, 5) is 31.2. The number of urea groups is 1. The second-order valence-corrected chi connectivity index (χ2v) is 13.1. The highest BCUT2D eigenvalue weighted by Gasteiger charge is 2.31. The third kappa shape index (κ3) is 9.85. The second-order valence-electron chi connectivity index (χ2n) is 13.1. The number of likely N-dealkylation sites (N-methyl/N-ethyl adjacent to an activating group) is 1. The minimum Gasteiger partial charge on any atom is -0.490 e. The molecule has 0 unspecified atom stereocenters. The highest BCUT2D eigenvalue weighted by atomic mass is 16.5. The van der Waals surface area contributed by atoms with Crippen LogP contribution in [0.3, 0.4) is 0 Å². The molecule has 1 aromatic rings. The summed E-state index contributed by atoms with van der Waals surface area (Å²) in [5.74, 6) is 1.13. The van der Waals surface area contributed by atoms with Crippen LogP contribution in [-0.4, -0.2) is 91.0 Å². The first kappa shape index (κ1) is 32.6. The summed E-state index contributed by atoms with van der Waals surface area (Å²) >= 11 is 0. The van der Waals surface area contributed by atoms with E-state index in [4.69, 9.17) is 9.47 Å². The van der Waals surface area contributed by atoms with Crippen LogP contribution in [0.1, 0.15) is 95.3 Å². The predicted octanol–water partition coefficient (Wildman–Crippen LogP) is 5.28. The Morgan fingerprint density at radius 1 is 1.07 bits per heavy atom. The minimum atomic E-state index is -0.394. The number of anilines is 1. The van der Waals surface area contributed by atoms with Crippen molar-refractivity contribution in [2.75, 3.05) is 45.2 Å². The number of nitrogens with one attached hydrogen (secondary N) is 2. The van der Waals surface area contributed by atoms with Crippen LogP contribution in [0, 0.1) is 11.8 Å². The van der Waals surface area contributed by atoms with Crippen molar-refractivity contribution in [3.8, 4) is 5.75 Å². The van der Waals surface area contributed by atoms with Crippen LogP contribution in [-0.2, 0) is 4.74 Å². The highest BCUT2D eigenvalue weighted by molar-refractivity contribution is 5.99. The van der Waals surface area contributed by atoms with Gasteiger partial charge in [0.05, 0.1) is 30.4 Å². The van der Waals surface area contributed by atoms with Crippen molar-refractivity contribution in [1.82, 2.24) is 15.1 Å². The van der Waals surface area contributed by atoms with Gasteiger partial charge >= 0.3 is 6.03 Å². The number of amides is 3. The number of hydrogen-bond acceptors (Lipinski definition) is 6. The van der Waals surface area contributed by atoms with E-state index in [1.54, 1.807) is 23.1 Å². The van der Waals surface area contributed by atoms with Crippen molar-refractivity contribution in [2.45, 2.75) is 109 Å². The van der Waals surface area contributed by atoms with Gasteiger partial charge in [0.15, 0.2) is 0 Å². The fraction of sp³-hybridized carbons (Fsp3) is 0.758. The molecule has 9 heteroatoms. The summed E-state index contributed by atoms with van der Waals surface area (Å²) in [5, 5.41) is 16.2. The molecule has 1 heterocycles. The molecule has 2 fully saturated rings.